The third-order valence-corrected chi connectivity index (χ3v) is 7.51. The highest BCUT2D eigenvalue weighted by Crippen LogP contribution is 2.32. The number of nitrogens with one attached hydrogen (secondary N) is 2. The molecule has 178 valence electrons. The fraction of sp³-hybridized carbons (Fsp3) is 0.222. The largest absolute Gasteiger partial charge is 0.337 e. The smallest absolute Gasteiger partial charge is 0.181 e. The van der Waals surface area contributed by atoms with Crippen LogP contribution in [0.4, 0.5) is 0 Å². The predicted molar refractivity (Wildman–Crippen MR) is 142 cm³/mol. The standard InChI is InChI=1S/C27H24N8S/c1-2-7-35(8-3-1)15-17-10-19(13-28-12-17)20-11-21-24(33-34-26(21)30-14-20)27-31-22-4-6-29-23(25(22)32-27)18-5-9-36-16-18/h4-6,9-14,16H,1-3,7-8,15H2,(H,31,32)(H,30,33,34). The second kappa shape index (κ2) is 8.92. The van der Waals surface area contributed by atoms with Crippen LogP contribution < -0.4 is 0 Å². The molecule has 0 aromatic carbocycles. The Labute approximate surface area is 211 Å². The van der Waals surface area contributed by atoms with Gasteiger partial charge in [-0.05, 0) is 61.1 Å². The molecule has 0 saturated carbocycles. The quantitative estimate of drug-likeness (QED) is 0.322. The van der Waals surface area contributed by atoms with Crippen molar-refractivity contribution in [1.29, 1.82) is 0 Å². The van der Waals surface area contributed by atoms with Gasteiger partial charge in [0.15, 0.2) is 11.5 Å². The van der Waals surface area contributed by atoms with Gasteiger partial charge in [-0.2, -0.15) is 16.4 Å². The molecule has 2 N–H and O–H groups in total. The molecule has 0 bridgehead atoms. The molecule has 1 aliphatic heterocycles. The summed E-state index contributed by atoms with van der Waals surface area (Å²) >= 11 is 1.65. The molecule has 7 heterocycles. The van der Waals surface area contributed by atoms with Gasteiger partial charge in [-0.1, -0.05) is 6.42 Å². The lowest BCUT2D eigenvalue weighted by Crippen LogP contribution is -2.29. The maximum absolute atomic E-state index is 4.91. The van der Waals surface area contributed by atoms with Crippen molar-refractivity contribution in [1.82, 2.24) is 40.0 Å². The zero-order valence-corrected chi connectivity index (χ0v) is 20.4. The number of rotatable bonds is 5. The van der Waals surface area contributed by atoms with Crippen LogP contribution in [-0.4, -0.2) is 53.1 Å². The summed E-state index contributed by atoms with van der Waals surface area (Å²) in [6.07, 6.45) is 11.5. The average Bonchev–Trinajstić information content (AvgIpc) is 3.68. The van der Waals surface area contributed by atoms with Crippen LogP contribution in [0.2, 0.25) is 0 Å². The van der Waals surface area contributed by atoms with Crippen LogP contribution in [0.5, 0.6) is 0 Å². The van der Waals surface area contributed by atoms with Crippen molar-refractivity contribution in [3.05, 3.63) is 65.4 Å². The number of H-pyrrole nitrogens is 2. The van der Waals surface area contributed by atoms with Crippen molar-refractivity contribution in [2.45, 2.75) is 25.8 Å². The first kappa shape index (κ1) is 21.3. The zero-order valence-electron chi connectivity index (χ0n) is 19.6. The molecule has 0 atom stereocenters. The van der Waals surface area contributed by atoms with E-state index >= 15 is 0 Å². The summed E-state index contributed by atoms with van der Waals surface area (Å²) in [4.78, 5) is 24.6. The van der Waals surface area contributed by atoms with Gasteiger partial charge in [0.2, 0.25) is 0 Å². The molecule has 36 heavy (non-hydrogen) atoms. The Morgan fingerprint density at radius 1 is 0.944 bits per heavy atom. The monoisotopic (exact) mass is 492 g/mol. The Morgan fingerprint density at radius 3 is 2.75 bits per heavy atom. The summed E-state index contributed by atoms with van der Waals surface area (Å²) in [5, 5.41) is 12.6. The second-order valence-corrected chi connectivity index (χ2v) is 10.0. The van der Waals surface area contributed by atoms with Crippen LogP contribution in [0.1, 0.15) is 24.8 Å². The highest BCUT2D eigenvalue weighted by molar-refractivity contribution is 7.08. The number of aromatic nitrogens is 7. The molecule has 0 amide bonds. The van der Waals surface area contributed by atoms with E-state index in [0.717, 1.165) is 64.1 Å². The van der Waals surface area contributed by atoms with Gasteiger partial charge in [0.05, 0.1) is 16.6 Å². The maximum Gasteiger partial charge on any atom is 0.181 e. The Balaban J connectivity index is 1.26. The molecule has 1 aliphatic rings. The molecule has 0 unspecified atom stereocenters. The zero-order chi connectivity index (χ0) is 23.9. The van der Waals surface area contributed by atoms with Crippen LogP contribution in [0, 0.1) is 0 Å². The third kappa shape index (κ3) is 3.86. The molecule has 0 spiro atoms. The topological polar surface area (TPSA) is 99.3 Å². The van der Waals surface area contributed by atoms with Gasteiger partial charge >= 0.3 is 0 Å². The minimum Gasteiger partial charge on any atom is -0.337 e. The van der Waals surface area contributed by atoms with E-state index in [1.807, 2.05) is 30.9 Å². The van der Waals surface area contributed by atoms with Gasteiger partial charge in [-0.15, -0.1) is 0 Å². The maximum atomic E-state index is 4.91. The Morgan fingerprint density at radius 2 is 1.86 bits per heavy atom. The SMILES string of the molecule is c1cc2[nH]c(-c3[nH]nc4ncc(-c5cncc(CN6CCCCC6)c5)cc34)nc2c(-c2ccsc2)n1. The number of piperidine rings is 1. The van der Waals surface area contributed by atoms with E-state index in [-0.39, 0.29) is 0 Å². The lowest BCUT2D eigenvalue weighted by atomic mass is 10.1. The molecule has 1 saturated heterocycles. The second-order valence-electron chi connectivity index (χ2n) is 9.27. The summed E-state index contributed by atoms with van der Waals surface area (Å²) in [6, 6.07) is 8.36. The van der Waals surface area contributed by atoms with E-state index in [2.05, 4.69) is 64.0 Å². The van der Waals surface area contributed by atoms with E-state index in [4.69, 9.17) is 4.98 Å². The summed E-state index contributed by atoms with van der Waals surface area (Å²) in [5.41, 5.74) is 8.47. The van der Waals surface area contributed by atoms with E-state index in [9.17, 15) is 0 Å². The van der Waals surface area contributed by atoms with Crippen molar-refractivity contribution in [3.63, 3.8) is 0 Å². The third-order valence-electron chi connectivity index (χ3n) is 6.83. The van der Waals surface area contributed by atoms with Gasteiger partial charge in [0.1, 0.15) is 11.2 Å². The van der Waals surface area contributed by atoms with Crippen molar-refractivity contribution in [2.24, 2.45) is 0 Å². The minimum absolute atomic E-state index is 0.655. The van der Waals surface area contributed by atoms with Crippen LogP contribution in [0.25, 0.3) is 56.0 Å². The minimum atomic E-state index is 0.655. The van der Waals surface area contributed by atoms with Crippen LogP contribution in [-0.2, 0) is 6.54 Å². The van der Waals surface area contributed by atoms with Gasteiger partial charge in [0.25, 0.3) is 0 Å². The molecule has 1 fully saturated rings. The molecule has 7 rings (SSSR count). The fourth-order valence-corrected chi connectivity index (χ4v) is 5.65. The molecule has 9 heteroatoms. The molecular formula is C27H24N8S. The molecule has 0 radical (unpaired) electrons. The summed E-state index contributed by atoms with van der Waals surface area (Å²) in [6.45, 7) is 3.27. The number of thiophene rings is 1. The highest BCUT2D eigenvalue weighted by atomic mass is 32.1. The molecule has 0 aliphatic carbocycles. The van der Waals surface area contributed by atoms with Crippen LogP contribution >= 0.6 is 11.3 Å². The van der Waals surface area contributed by atoms with E-state index in [0.29, 0.717) is 11.5 Å². The summed E-state index contributed by atoms with van der Waals surface area (Å²) in [5.74, 6) is 0.716. The molecule has 6 aromatic heterocycles. The van der Waals surface area contributed by atoms with Crippen molar-refractivity contribution < 1.29 is 0 Å². The highest BCUT2D eigenvalue weighted by Gasteiger charge is 2.17. The Bertz CT molecular complexity index is 1660. The predicted octanol–water partition coefficient (Wildman–Crippen LogP) is 5.67. The van der Waals surface area contributed by atoms with Gasteiger partial charge in [0, 0.05) is 53.4 Å². The Hall–Kier alpha value is -3.95. The van der Waals surface area contributed by atoms with Crippen LogP contribution in [0.3, 0.4) is 0 Å². The number of fused-ring (bicyclic) bond motifs is 2. The number of nitrogens with zero attached hydrogens (tertiary/aromatic N) is 6. The van der Waals surface area contributed by atoms with Gasteiger partial charge < -0.3 is 4.98 Å². The average molecular weight is 493 g/mol. The first-order valence-electron chi connectivity index (χ1n) is 12.2. The molecular weight excluding hydrogens is 468 g/mol. The number of pyridine rings is 3. The number of imidazole rings is 1. The number of likely N-dealkylation sites (tertiary alicyclic amines) is 1. The Kier molecular flexibility index (Phi) is 5.29. The van der Waals surface area contributed by atoms with E-state index in [1.54, 1.807) is 11.3 Å². The first-order valence-corrected chi connectivity index (χ1v) is 13.1. The first-order chi connectivity index (χ1) is 17.8. The van der Waals surface area contributed by atoms with Crippen molar-refractivity contribution in [3.8, 4) is 33.9 Å². The number of aromatic amines is 2. The molecule has 8 nitrogen and oxygen atoms in total. The van der Waals surface area contributed by atoms with Gasteiger partial charge in [-0.3, -0.25) is 20.0 Å². The van der Waals surface area contributed by atoms with Crippen molar-refractivity contribution >= 4 is 33.4 Å². The number of hydrogen-bond acceptors (Lipinski definition) is 7. The lowest BCUT2D eigenvalue weighted by molar-refractivity contribution is 0.220. The van der Waals surface area contributed by atoms with Crippen LogP contribution in [0.15, 0.2) is 59.8 Å². The number of hydrogen-bond donors (Lipinski definition) is 2. The van der Waals surface area contributed by atoms with Gasteiger partial charge in [-0.25, -0.2) is 9.97 Å². The lowest BCUT2D eigenvalue weighted by Gasteiger charge is -2.26. The summed E-state index contributed by atoms with van der Waals surface area (Å²) < 4.78 is 0. The fourth-order valence-electron chi connectivity index (χ4n) is 5.01. The van der Waals surface area contributed by atoms with Crippen molar-refractivity contribution in [2.75, 3.05) is 13.1 Å². The van der Waals surface area contributed by atoms with E-state index in [1.165, 1.54) is 24.8 Å². The van der Waals surface area contributed by atoms with E-state index < -0.39 is 0 Å². The summed E-state index contributed by atoms with van der Waals surface area (Å²) in [7, 11) is 0. The normalized spacial score (nSPS) is 14.7. The molecule has 6 aromatic rings.